The topological polar surface area (TPSA) is 58.4 Å². The molecule has 1 aliphatic heterocycles. The normalized spacial score (nSPS) is 21.1. The van der Waals surface area contributed by atoms with Gasteiger partial charge in [-0.2, -0.15) is 0 Å². The van der Waals surface area contributed by atoms with Crippen molar-refractivity contribution in [2.24, 2.45) is 11.7 Å². The van der Waals surface area contributed by atoms with E-state index in [1.807, 2.05) is 6.92 Å². The number of nitrogens with one attached hydrogen (secondary N) is 1. The first kappa shape index (κ1) is 15.4. The molecule has 1 amide bonds. The van der Waals surface area contributed by atoms with Gasteiger partial charge < -0.3 is 16.0 Å². The Bertz CT molecular complexity index is 237. The maximum atomic E-state index is 11.8. The Hall–Kier alpha value is -0.610. The maximum absolute atomic E-state index is 11.8. The number of hydrogen-bond acceptors (Lipinski definition) is 3. The molecule has 1 rings (SSSR count). The minimum Gasteiger partial charge on any atom is -0.353 e. The van der Waals surface area contributed by atoms with Crippen LogP contribution >= 0.6 is 0 Å². The summed E-state index contributed by atoms with van der Waals surface area (Å²) in [6.45, 7) is 8.12. The van der Waals surface area contributed by atoms with Crippen molar-refractivity contribution in [1.82, 2.24) is 10.2 Å². The van der Waals surface area contributed by atoms with E-state index in [1.54, 1.807) is 0 Å². The van der Waals surface area contributed by atoms with E-state index in [9.17, 15) is 4.79 Å². The lowest BCUT2D eigenvalue weighted by Gasteiger charge is -2.21. The smallest absolute Gasteiger partial charge is 0.237 e. The van der Waals surface area contributed by atoms with E-state index >= 15 is 0 Å². The number of carbonyl (C=O) groups is 1. The lowest BCUT2D eigenvalue weighted by Crippen LogP contribution is -2.46. The van der Waals surface area contributed by atoms with Crippen LogP contribution in [-0.4, -0.2) is 43.0 Å². The molecule has 106 valence electrons. The minimum atomic E-state index is -0.362. The van der Waals surface area contributed by atoms with E-state index in [2.05, 4.69) is 17.1 Å². The van der Waals surface area contributed by atoms with Crippen LogP contribution in [0.1, 0.15) is 46.0 Å². The number of carbonyl (C=O) groups excluding carboxylic acids is 1. The minimum absolute atomic E-state index is 0.000767. The molecule has 0 aromatic rings. The third-order valence-corrected chi connectivity index (χ3v) is 3.99. The second-order valence-corrected chi connectivity index (χ2v) is 5.46. The molecule has 0 bridgehead atoms. The van der Waals surface area contributed by atoms with Gasteiger partial charge in [0.25, 0.3) is 0 Å². The molecular weight excluding hydrogens is 226 g/mol. The van der Waals surface area contributed by atoms with E-state index < -0.39 is 0 Å². The zero-order valence-corrected chi connectivity index (χ0v) is 12.0. The van der Waals surface area contributed by atoms with Crippen LogP contribution in [0, 0.1) is 5.92 Å². The highest BCUT2D eigenvalue weighted by molar-refractivity contribution is 5.81. The summed E-state index contributed by atoms with van der Waals surface area (Å²) in [5, 5.41) is 2.96. The van der Waals surface area contributed by atoms with E-state index in [1.165, 1.54) is 38.8 Å². The number of rotatable bonds is 6. The van der Waals surface area contributed by atoms with Crippen molar-refractivity contribution in [2.45, 2.75) is 52.0 Å². The first-order valence-corrected chi connectivity index (χ1v) is 7.40. The van der Waals surface area contributed by atoms with Gasteiger partial charge in [-0.15, -0.1) is 0 Å². The number of nitrogens with two attached hydrogens (primary N) is 1. The quantitative estimate of drug-likeness (QED) is 0.753. The molecule has 0 aliphatic carbocycles. The van der Waals surface area contributed by atoms with Crippen LogP contribution in [0.5, 0.6) is 0 Å². The molecule has 0 radical (unpaired) electrons. The van der Waals surface area contributed by atoms with Crippen LogP contribution in [0.4, 0.5) is 0 Å². The summed E-state index contributed by atoms with van der Waals surface area (Å²) in [6, 6.07) is -0.362. The fraction of sp³-hybridized carbons (Fsp3) is 0.929. The van der Waals surface area contributed by atoms with E-state index in [0.29, 0.717) is 0 Å². The number of amides is 1. The third-order valence-electron chi connectivity index (χ3n) is 3.99. The van der Waals surface area contributed by atoms with Crippen LogP contribution in [0.3, 0.4) is 0 Å². The molecule has 18 heavy (non-hydrogen) atoms. The molecule has 1 heterocycles. The van der Waals surface area contributed by atoms with Crippen molar-refractivity contribution in [2.75, 3.05) is 26.2 Å². The fourth-order valence-corrected chi connectivity index (χ4v) is 2.33. The summed E-state index contributed by atoms with van der Waals surface area (Å²) in [5.74, 6) is 0.252. The lowest BCUT2D eigenvalue weighted by atomic mass is 9.99. The Morgan fingerprint density at radius 2 is 1.89 bits per heavy atom. The molecule has 1 unspecified atom stereocenters. The average Bonchev–Trinajstić information content (AvgIpc) is 2.65. The first-order chi connectivity index (χ1) is 8.65. The maximum Gasteiger partial charge on any atom is 0.237 e. The van der Waals surface area contributed by atoms with Crippen LogP contribution in [0.15, 0.2) is 0 Å². The zero-order chi connectivity index (χ0) is 13.4. The lowest BCUT2D eigenvalue weighted by molar-refractivity contribution is -0.123. The standard InChI is InChI=1S/C14H29N3O/c1-3-12(2)13(15)14(18)16-8-11-17-9-6-4-5-7-10-17/h12-13H,3-11,15H2,1-2H3,(H,16,18)/t12?,13-/m0/s1. The largest absolute Gasteiger partial charge is 0.353 e. The van der Waals surface area contributed by atoms with Crippen molar-refractivity contribution >= 4 is 5.91 Å². The van der Waals surface area contributed by atoms with Crippen LogP contribution in [0.2, 0.25) is 0 Å². The van der Waals surface area contributed by atoms with Crippen LogP contribution < -0.4 is 11.1 Å². The average molecular weight is 255 g/mol. The Balaban J connectivity index is 2.18. The molecule has 1 fully saturated rings. The molecular formula is C14H29N3O. The Morgan fingerprint density at radius 1 is 1.28 bits per heavy atom. The van der Waals surface area contributed by atoms with Gasteiger partial charge in [0.05, 0.1) is 6.04 Å². The summed E-state index contributed by atoms with van der Waals surface area (Å²) < 4.78 is 0. The summed E-state index contributed by atoms with van der Waals surface area (Å²) in [6.07, 6.45) is 6.23. The fourth-order valence-electron chi connectivity index (χ4n) is 2.33. The molecule has 4 heteroatoms. The molecule has 0 aromatic heterocycles. The predicted octanol–water partition coefficient (Wildman–Crippen LogP) is 1.35. The van der Waals surface area contributed by atoms with E-state index in [4.69, 9.17) is 5.73 Å². The third kappa shape index (κ3) is 5.36. The second-order valence-electron chi connectivity index (χ2n) is 5.46. The van der Waals surface area contributed by atoms with E-state index in [-0.39, 0.29) is 17.9 Å². The number of hydrogen-bond donors (Lipinski definition) is 2. The summed E-state index contributed by atoms with van der Waals surface area (Å²) >= 11 is 0. The van der Waals surface area contributed by atoms with Gasteiger partial charge in [-0.3, -0.25) is 4.79 Å². The zero-order valence-electron chi connectivity index (χ0n) is 12.0. The predicted molar refractivity (Wildman–Crippen MR) is 75.3 cm³/mol. The molecule has 2 atom stereocenters. The first-order valence-electron chi connectivity index (χ1n) is 7.40. The Labute approximate surface area is 111 Å². The molecule has 1 aliphatic rings. The molecule has 0 saturated carbocycles. The highest BCUT2D eigenvalue weighted by Gasteiger charge is 2.19. The SMILES string of the molecule is CCC(C)[C@H](N)C(=O)NCCN1CCCCCC1. The van der Waals surface area contributed by atoms with Gasteiger partial charge in [0, 0.05) is 13.1 Å². The molecule has 4 nitrogen and oxygen atoms in total. The molecule has 0 spiro atoms. The Kier molecular flexibility index (Phi) is 7.28. The summed E-state index contributed by atoms with van der Waals surface area (Å²) in [4.78, 5) is 14.2. The number of likely N-dealkylation sites (tertiary alicyclic amines) is 1. The van der Waals surface area contributed by atoms with Gasteiger partial charge in [-0.25, -0.2) is 0 Å². The monoisotopic (exact) mass is 255 g/mol. The van der Waals surface area contributed by atoms with Gasteiger partial charge in [0.2, 0.25) is 5.91 Å². The van der Waals surface area contributed by atoms with Crippen molar-refractivity contribution in [3.8, 4) is 0 Å². The molecule has 1 saturated heterocycles. The van der Waals surface area contributed by atoms with Gasteiger partial charge in [-0.05, 0) is 31.8 Å². The number of nitrogens with zero attached hydrogens (tertiary/aromatic N) is 1. The van der Waals surface area contributed by atoms with Crippen molar-refractivity contribution in [3.05, 3.63) is 0 Å². The molecule has 3 N–H and O–H groups in total. The second kappa shape index (κ2) is 8.48. The van der Waals surface area contributed by atoms with Crippen molar-refractivity contribution in [3.63, 3.8) is 0 Å². The summed E-state index contributed by atoms with van der Waals surface area (Å²) in [5.41, 5.74) is 5.89. The highest BCUT2D eigenvalue weighted by atomic mass is 16.2. The van der Waals surface area contributed by atoms with Crippen LogP contribution in [-0.2, 0) is 4.79 Å². The van der Waals surface area contributed by atoms with Gasteiger partial charge >= 0.3 is 0 Å². The van der Waals surface area contributed by atoms with Gasteiger partial charge in [0.15, 0.2) is 0 Å². The van der Waals surface area contributed by atoms with Crippen LogP contribution in [0.25, 0.3) is 0 Å². The highest BCUT2D eigenvalue weighted by Crippen LogP contribution is 2.09. The summed E-state index contributed by atoms with van der Waals surface area (Å²) in [7, 11) is 0. The van der Waals surface area contributed by atoms with E-state index in [0.717, 1.165) is 19.5 Å². The van der Waals surface area contributed by atoms with Gasteiger partial charge in [-0.1, -0.05) is 33.1 Å². The van der Waals surface area contributed by atoms with Gasteiger partial charge in [0.1, 0.15) is 0 Å². The Morgan fingerprint density at radius 3 is 2.44 bits per heavy atom. The van der Waals surface area contributed by atoms with Crippen molar-refractivity contribution < 1.29 is 4.79 Å². The molecule has 0 aromatic carbocycles. The van der Waals surface area contributed by atoms with Crippen molar-refractivity contribution in [1.29, 1.82) is 0 Å².